The van der Waals surface area contributed by atoms with Gasteiger partial charge in [-0.15, -0.1) is 0 Å². The molecule has 0 radical (unpaired) electrons. The first-order chi connectivity index (χ1) is 10.1. The number of fused-ring (bicyclic) bond motifs is 1. The van der Waals surface area contributed by atoms with Crippen molar-refractivity contribution in [2.24, 2.45) is 0 Å². The largest absolute Gasteiger partial charge is 0.478 e. The van der Waals surface area contributed by atoms with E-state index in [1.165, 1.54) is 24.5 Å². The van der Waals surface area contributed by atoms with Crippen LogP contribution >= 0.6 is 0 Å². The lowest BCUT2D eigenvalue weighted by Crippen LogP contribution is -2.31. The van der Waals surface area contributed by atoms with Crippen molar-refractivity contribution in [3.63, 3.8) is 0 Å². The Balaban J connectivity index is 1.84. The number of benzene rings is 1. The Labute approximate surface area is 118 Å². The summed E-state index contributed by atoms with van der Waals surface area (Å²) in [6, 6.07) is 3.91. The zero-order chi connectivity index (χ0) is 15.0. The average Bonchev–Trinajstić information content (AvgIpc) is 3.06. The summed E-state index contributed by atoms with van der Waals surface area (Å²) in [7, 11) is 0. The number of imide groups is 1. The van der Waals surface area contributed by atoms with E-state index in [0.29, 0.717) is 12.2 Å². The van der Waals surface area contributed by atoms with E-state index in [9.17, 15) is 14.4 Å². The Morgan fingerprint density at radius 3 is 2.67 bits per heavy atom. The third-order valence-corrected chi connectivity index (χ3v) is 3.25. The van der Waals surface area contributed by atoms with Gasteiger partial charge in [0, 0.05) is 13.0 Å². The number of nitrogens with one attached hydrogen (secondary N) is 1. The van der Waals surface area contributed by atoms with Crippen LogP contribution in [-0.4, -0.2) is 49.5 Å². The van der Waals surface area contributed by atoms with E-state index in [0.717, 1.165) is 4.90 Å². The number of nitrogens with zero attached hydrogens (tertiary/aromatic N) is 3. The Morgan fingerprint density at radius 1 is 1.24 bits per heavy atom. The highest BCUT2D eigenvalue weighted by atomic mass is 16.4. The third-order valence-electron chi connectivity index (χ3n) is 3.25. The molecular formula is C13H10N4O4. The van der Waals surface area contributed by atoms with Gasteiger partial charge in [0.25, 0.3) is 11.8 Å². The van der Waals surface area contributed by atoms with Crippen molar-refractivity contribution < 1.29 is 19.5 Å². The number of carboxylic acids is 1. The lowest BCUT2D eigenvalue weighted by atomic mass is 10.1. The van der Waals surface area contributed by atoms with Gasteiger partial charge in [-0.2, -0.15) is 5.10 Å². The van der Waals surface area contributed by atoms with Crippen LogP contribution in [0.4, 0.5) is 0 Å². The highest BCUT2D eigenvalue weighted by Gasteiger charge is 2.35. The normalized spacial score (nSPS) is 13.6. The number of aromatic amines is 1. The lowest BCUT2D eigenvalue weighted by Gasteiger charge is -2.12. The fourth-order valence-electron chi connectivity index (χ4n) is 2.20. The van der Waals surface area contributed by atoms with Crippen molar-refractivity contribution in [2.75, 3.05) is 6.54 Å². The van der Waals surface area contributed by atoms with Gasteiger partial charge < -0.3 is 5.11 Å². The van der Waals surface area contributed by atoms with Crippen LogP contribution in [0.15, 0.2) is 24.5 Å². The maximum absolute atomic E-state index is 12.2. The molecule has 0 fully saturated rings. The maximum Gasteiger partial charge on any atom is 0.335 e. The van der Waals surface area contributed by atoms with E-state index in [2.05, 4.69) is 15.2 Å². The molecule has 106 valence electrons. The molecule has 0 aliphatic carbocycles. The van der Waals surface area contributed by atoms with Crippen molar-refractivity contribution in [3.8, 4) is 0 Å². The molecule has 2 N–H and O–H groups in total. The van der Waals surface area contributed by atoms with E-state index >= 15 is 0 Å². The van der Waals surface area contributed by atoms with Crippen LogP contribution in [-0.2, 0) is 6.42 Å². The maximum atomic E-state index is 12.2. The second kappa shape index (κ2) is 4.82. The van der Waals surface area contributed by atoms with Crippen molar-refractivity contribution in [2.45, 2.75) is 6.42 Å². The third kappa shape index (κ3) is 2.16. The van der Waals surface area contributed by atoms with Gasteiger partial charge in [0.2, 0.25) is 0 Å². The molecular weight excluding hydrogens is 276 g/mol. The van der Waals surface area contributed by atoms with Crippen molar-refractivity contribution >= 4 is 17.8 Å². The Hall–Kier alpha value is -3.03. The fourth-order valence-corrected chi connectivity index (χ4v) is 2.20. The number of carbonyl (C=O) groups is 3. The van der Waals surface area contributed by atoms with Gasteiger partial charge in [0.15, 0.2) is 0 Å². The van der Waals surface area contributed by atoms with Gasteiger partial charge in [-0.05, 0) is 18.2 Å². The first-order valence-corrected chi connectivity index (χ1v) is 6.15. The summed E-state index contributed by atoms with van der Waals surface area (Å²) >= 11 is 0. The Morgan fingerprint density at radius 2 is 2.00 bits per heavy atom. The van der Waals surface area contributed by atoms with E-state index in [1.54, 1.807) is 0 Å². The molecule has 2 heterocycles. The Kier molecular flexibility index (Phi) is 2.98. The first kappa shape index (κ1) is 13.0. The van der Waals surface area contributed by atoms with Crippen LogP contribution in [0.3, 0.4) is 0 Å². The Bertz CT molecular complexity index is 739. The van der Waals surface area contributed by atoms with E-state index in [4.69, 9.17) is 5.11 Å². The second-order valence-electron chi connectivity index (χ2n) is 4.51. The average molecular weight is 286 g/mol. The summed E-state index contributed by atoms with van der Waals surface area (Å²) in [5, 5.41) is 15.3. The van der Waals surface area contributed by atoms with Crippen LogP contribution in [0.1, 0.15) is 36.9 Å². The molecule has 0 unspecified atom stereocenters. The molecule has 0 spiro atoms. The molecule has 8 nitrogen and oxygen atoms in total. The summed E-state index contributed by atoms with van der Waals surface area (Å²) in [6.07, 6.45) is 1.70. The van der Waals surface area contributed by atoms with Gasteiger partial charge in [0.1, 0.15) is 12.2 Å². The van der Waals surface area contributed by atoms with Gasteiger partial charge in [0.05, 0.1) is 16.7 Å². The monoisotopic (exact) mass is 286 g/mol. The van der Waals surface area contributed by atoms with Crippen LogP contribution in [0, 0.1) is 0 Å². The van der Waals surface area contributed by atoms with Gasteiger partial charge in [-0.1, -0.05) is 0 Å². The fraction of sp³-hybridized carbons (Fsp3) is 0.154. The summed E-state index contributed by atoms with van der Waals surface area (Å²) in [5.74, 6) is -1.49. The number of hydrogen-bond acceptors (Lipinski definition) is 5. The SMILES string of the molecule is O=C(O)c1ccc2c(c1)C(=O)N(CCc1ncn[nH]1)C2=O. The lowest BCUT2D eigenvalue weighted by molar-refractivity contribution is 0.0653. The predicted octanol–water partition coefficient (Wildman–Crippen LogP) is 0.342. The molecule has 0 saturated heterocycles. The molecule has 1 aromatic heterocycles. The van der Waals surface area contributed by atoms with Crippen LogP contribution < -0.4 is 0 Å². The van der Waals surface area contributed by atoms with E-state index in [-0.39, 0.29) is 23.2 Å². The van der Waals surface area contributed by atoms with Crippen LogP contribution in [0.25, 0.3) is 0 Å². The van der Waals surface area contributed by atoms with Gasteiger partial charge in [-0.3, -0.25) is 19.6 Å². The standard InChI is InChI=1S/C13H10N4O4/c18-11-8-2-1-7(13(20)21)5-9(8)12(19)17(11)4-3-10-14-6-15-16-10/h1-2,5-6H,3-4H2,(H,20,21)(H,14,15,16). The molecule has 3 rings (SSSR count). The minimum atomic E-state index is -1.14. The molecule has 0 atom stereocenters. The number of amides is 2. The highest BCUT2D eigenvalue weighted by Crippen LogP contribution is 2.24. The highest BCUT2D eigenvalue weighted by molar-refractivity contribution is 6.21. The molecule has 2 aromatic rings. The number of carbonyl (C=O) groups excluding carboxylic acids is 2. The summed E-state index contributed by atoms with van der Waals surface area (Å²) in [4.78, 5) is 40.3. The number of aromatic carboxylic acids is 1. The molecule has 1 aliphatic rings. The smallest absolute Gasteiger partial charge is 0.335 e. The molecule has 2 amide bonds. The molecule has 0 saturated carbocycles. The van der Waals surface area contributed by atoms with Crippen molar-refractivity contribution in [1.29, 1.82) is 0 Å². The summed E-state index contributed by atoms with van der Waals surface area (Å²) < 4.78 is 0. The minimum absolute atomic E-state index is 0.0213. The topological polar surface area (TPSA) is 116 Å². The molecule has 21 heavy (non-hydrogen) atoms. The minimum Gasteiger partial charge on any atom is -0.478 e. The summed E-state index contributed by atoms with van der Waals surface area (Å²) in [5.41, 5.74) is 0.326. The first-order valence-electron chi connectivity index (χ1n) is 6.15. The van der Waals surface area contributed by atoms with E-state index < -0.39 is 17.8 Å². The molecule has 8 heteroatoms. The zero-order valence-electron chi connectivity index (χ0n) is 10.7. The second-order valence-corrected chi connectivity index (χ2v) is 4.51. The number of H-pyrrole nitrogens is 1. The number of rotatable bonds is 4. The zero-order valence-corrected chi connectivity index (χ0v) is 10.7. The van der Waals surface area contributed by atoms with Crippen molar-refractivity contribution in [1.82, 2.24) is 20.1 Å². The van der Waals surface area contributed by atoms with Crippen LogP contribution in [0.2, 0.25) is 0 Å². The number of carboxylic acid groups (broad SMARTS) is 1. The predicted molar refractivity (Wildman–Crippen MR) is 68.9 cm³/mol. The molecule has 0 bridgehead atoms. The van der Waals surface area contributed by atoms with Crippen molar-refractivity contribution in [3.05, 3.63) is 47.0 Å². The quantitative estimate of drug-likeness (QED) is 0.783. The number of hydrogen-bond donors (Lipinski definition) is 2. The number of aromatic nitrogens is 3. The van der Waals surface area contributed by atoms with Gasteiger partial charge >= 0.3 is 5.97 Å². The molecule has 1 aliphatic heterocycles. The van der Waals surface area contributed by atoms with Crippen LogP contribution in [0.5, 0.6) is 0 Å². The van der Waals surface area contributed by atoms with E-state index in [1.807, 2.05) is 0 Å². The molecule has 1 aromatic carbocycles. The summed E-state index contributed by atoms with van der Waals surface area (Å²) in [6.45, 7) is 0.157. The van der Waals surface area contributed by atoms with Gasteiger partial charge in [-0.25, -0.2) is 9.78 Å².